The van der Waals surface area contributed by atoms with Crippen molar-refractivity contribution in [3.8, 4) is 0 Å². The number of sulfonamides is 1. The van der Waals surface area contributed by atoms with Crippen molar-refractivity contribution in [2.45, 2.75) is 24.3 Å². The molecule has 178 valence electrons. The van der Waals surface area contributed by atoms with Gasteiger partial charge in [0.15, 0.2) is 0 Å². The minimum atomic E-state index is -3.79. The number of hydrogen-bond donors (Lipinski definition) is 0. The van der Waals surface area contributed by atoms with Gasteiger partial charge in [-0.3, -0.25) is 15.0 Å². The lowest BCUT2D eigenvalue weighted by Crippen LogP contribution is -2.46. The molecular formula is C25H28N4O4S. The van der Waals surface area contributed by atoms with Crippen molar-refractivity contribution in [1.82, 2.24) is 9.21 Å². The number of fused-ring (bicyclic) bond motifs is 1. The molecule has 2 saturated heterocycles. The maximum atomic E-state index is 13.4. The molecule has 0 saturated carbocycles. The van der Waals surface area contributed by atoms with E-state index in [1.165, 1.54) is 32.8 Å². The summed E-state index contributed by atoms with van der Waals surface area (Å²) in [7, 11) is -3.79. The lowest BCUT2D eigenvalue weighted by molar-refractivity contribution is -0.385. The summed E-state index contributed by atoms with van der Waals surface area (Å²) in [5, 5.41) is 13.9. The smallest absolute Gasteiger partial charge is 0.270 e. The van der Waals surface area contributed by atoms with Crippen LogP contribution >= 0.6 is 0 Å². The van der Waals surface area contributed by atoms with E-state index in [0.717, 1.165) is 32.5 Å². The second-order valence-corrected chi connectivity index (χ2v) is 10.8. The van der Waals surface area contributed by atoms with Crippen molar-refractivity contribution in [2.24, 2.45) is 0 Å². The first-order chi connectivity index (χ1) is 16.4. The fraction of sp³-hybridized carbons (Fsp3) is 0.360. The first-order valence-electron chi connectivity index (χ1n) is 11.7. The van der Waals surface area contributed by atoms with Gasteiger partial charge >= 0.3 is 0 Å². The fourth-order valence-electron chi connectivity index (χ4n) is 4.97. The maximum absolute atomic E-state index is 13.4. The number of nitro groups is 1. The number of rotatable bonds is 6. The Labute approximate surface area is 199 Å². The van der Waals surface area contributed by atoms with E-state index in [0.29, 0.717) is 31.9 Å². The summed E-state index contributed by atoms with van der Waals surface area (Å²) in [5.41, 5.74) is 1.64. The fourth-order valence-corrected chi connectivity index (χ4v) is 6.72. The summed E-state index contributed by atoms with van der Waals surface area (Å²) in [6.45, 7) is 4.63. The molecule has 2 aliphatic heterocycles. The highest BCUT2D eigenvalue weighted by molar-refractivity contribution is 7.89. The van der Waals surface area contributed by atoms with Crippen LogP contribution < -0.4 is 4.90 Å². The van der Waals surface area contributed by atoms with Crippen LogP contribution in [-0.2, 0) is 16.6 Å². The van der Waals surface area contributed by atoms with Crippen molar-refractivity contribution >= 4 is 32.2 Å². The van der Waals surface area contributed by atoms with Crippen LogP contribution in [0.5, 0.6) is 0 Å². The van der Waals surface area contributed by atoms with Gasteiger partial charge in [0.25, 0.3) is 5.69 Å². The van der Waals surface area contributed by atoms with E-state index in [4.69, 9.17) is 0 Å². The average molecular weight is 481 g/mol. The van der Waals surface area contributed by atoms with Gasteiger partial charge in [-0.05, 0) is 35.2 Å². The highest BCUT2D eigenvalue weighted by atomic mass is 32.2. The van der Waals surface area contributed by atoms with E-state index in [-0.39, 0.29) is 10.6 Å². The van der Waals surface area contributed by atoms with Crippen LogP contribution in [0.1, 0.15) is 18.4 Å². The van der Waals surface area contributed by atoms with Crippen molar-refractivity contribution in [3.05, 3.63) is 76.3 Å². The molecule has 0 aliphatic carbocycles. The molecular weight excluding hydrogens is 452 g/mol. The molecule has 0 bridgehead atoms. The van der Waals surface area contributed by atoms with E-state index in [1.807, 2.05) is 11.0 Å². The zero-order chi connectivity index (χ0) is 23.7. The topological polar surface area (TPSA) is 87.0 Å². The molecule has 5 rings (SSSR count). The third kappa shape index (κ3) is 4.38. The molecule has 34 heavy (non-hydrogen) atoms. The lowest BCUT2D eigenvalue weighted by atomic mass is 10.0. The molecule has 0 radical (unpaired) electrons. The van der Waals surface area contributed by atoms with Gasteiger partial charge in [-0.25, -0.2) is 8.42 Å². The zero-order valence-corrected chi connectivity index (χ0v) is 19.8. The lowest BCUT2D eigenvalue weighted by Gasteiger charge is -2.37. The number of hydrogen-bond acceptors (Lipinski definition) is 6. The Kier molecular flexibility index (Phi) is 6.24. The standard InChI is InChI=1S/C25H28N4O4S/c30-29(31)22-10-11-24(25(18-22)34(32,33)28-12-3-4-13-28)27-16-14-26(15-17-27)19-21-8-5-7-20-6-1-2-9-23(20)21/h1-2,5-11,18H,3-4,12-17,19H2. The number of piperazine rings is 1. The van der Waals surface area contributed by atoms with Crippen LogP contribution in [0.25, 0.3) is 10.8 Å². The van der Waals surface area contributed by atoms with Gasteiger partial charge in [0.05, 0.1) is 10.6 Å². The Balaban J connectivity index is 1.37. The molecule has 2 aliphatic rings. The molecule has 0 unspecified atom stereocenters. The molecule has 3 aromatic rings. The Bertz CT molecular complexity index is 1310. The first kappa shape index (κ1) is 22.8. The van der Waals surface area contributed by atoms with Gasteiger partial charge in [-0.2, -0.15) is 4.31 Å². The molecule has 3 aromatic carbocycles. The van der Waals surface area contributed by atoms with Gasteiger partial charge < -0.3 is 4.90 Å². The van der Waals surface area contributed by atoms with Crippen molar-refractivity contribution < 1.29 is 13.3 Å². The van der Waals surface area contributed by atoms with Crippen LogP contribution in [-0.4, -0.2) is 61.8 Å². The number of nitrogens with zero attached hydrogens (tertiary/aromatic N) is 4. The van der Waals surface area contributed by atoms with Crippen molar-refractivity contribution in [3.63, 3.8) is 0 Å². The van der Waals surface area contributed by atoms with E-state index in [2.05, 4.69) is 41.3 Å². The maximum Gasteiger partial charge on any atom is 0.270 e. The summed E-state index contributed by atoms with van der Waals surface area (Å²) in [5.74, 6) is 0. The van der Waals surface area contributed by atoms with Gasteiger partial charge in [-0.1, -0.05) is 42.5 Å². The molecule has 0 aromatic heterocycles. The SMILES string of the molecule is O=[N+]([O-])c1ccc(N2CCN(Cc3cccc4ccccc34)CC2)c(S(=O)(=O)N2CCCC2)c1. The molecule has 2 fully saturated rings. The van der Waals surface area contributed by atoms with Crippen LogP contribution in [0.4, 0.5) is 11.4 Å². The van der Waals surface area contributed by atoms with E-state index in [9.17, 15) is 18.5 Å². The number of nitro benzene ring substituents is 1. The Morgan fingerprint density at radius 3 is 2.29 bits per heavy atom. The summed E-state index contributed by atoms with van der Waals surface area (Å²) in [6, 6.07) is 19.0. The van der Waals surface area contributed by atoms with Crippen molar-refractivity contribution in [2.75, 3.05) is 44.2 Å². The number of non-ortho nitro benzene ring substituents is 1. The second kappa shape index (κ2) is 9.32. The van der Waals surface area contributed by atoms with Gasteiger partial charge in [0.1, 0.15) is 4.90 Å². The quantitative estimate of drug-likeness (QED) is 0.393. The molecule has 0 atom stereocenters. The normalized spacial score (nSPS) is 17.9. The summed E-state index contributed by atoms with van der Waals surface area (Å²) in [4.78, 5) is 15.3. The van der Waals surface area contributed by atoms with Gasteiger partial charge in [0.2, 0.25) is 10.0 Å². The van der Waals surface area contributed by atoms with E-state index in [1.54, 1.807) is 6.07 Å². The second-order valence-electron chi connectivity index (χ2n) is 8.92. The summed E-state index contributed by atoms with van der Waals surface area (Å²) in [6.07, 6.45) is 1.63. The number of anilines is 1. The van der Waals surface area contributed by atoms with E-state index >= 15 is 0 Å². The Morgan fingerprint density at radius 2 is 1.56 bits per heavy atom. The monoisotopic (exact) mass is 480 g/mol. The van der Waals surface area contributed by atoms with E-state index < -0.39 is 14.9 Å². The molecule has 0 N–H and O–H groups in total. The molecule has 8 nitrogen and oxygen atoms in total. The molecule has 0 amide bonds. The number of benzene rings is 3. The van der Waals surface area contributed by atoms with Crippen LogP contribution in [0.2, 0.25) is 0 Å². The van der Waals surface area contributed by atoms with Crippen LogP contribution in [0, 0.1) is 10.1 Å². The molecule has 2 heterocycles. The zero-order valence-electron chi connectivity index (χ0n) is 19.0. The molecule has 0 spiro atoms. The Hall–Kier alpha value is -3.01. The third-order valence-corrected chi connectivity index (χ3v) is 8.75. The summed E-state index contributed by atoms with van der Waals surface area (Å²) < 4.78 is 28.2. The van der Waals surface area contributed by atoms with Gasteiger partial charge in [-0.15, -0.1) is 0 Å². The van der Waals surface area contributed by atoms with Crippen LogP contribution in [0.15, 0.2) is 65.6 Å². The highest BCUT2D eigenvalue weighted by Gasteiger charge is 2.33. The first-order valence-corrected chi connectivity index (χ1v) is 13.1. The summed E-state index contributed by atoms with van der Waals surface area (Å²) >= 11 is 0. The Morgan fingerprint density at radius 1 is 0.853 bits per heavy atom. The van der Waals surface area contributed by atoms with Crippen LogP contribution in [0.3, 0.4) is 0 Å². The predicted molar refractivity (Wildman–Crippen MR) is 133 cm³/mol. The minimum Gasteiger partial charge on any atom is -0.368 e. The van der Waals surface area contributed by atoms with Crippen molar-refractivity contribution in [1.29, 1.82) is 0 Å². The average Bonchev–Trinajstić information content (AvgIpc) is 3.41. The largest absolute Gasteiger partial charge is 0.368 e. The predicted octanol–water partition coefficient (Wildman–Crippen LogP) is 3.85. The third-order valence-electron chi connectivity index (χ3n) is 6.82. The minimum absolute atomic E-state index is 0.0473. The molecule has 9 heteroatoms. The van der Waals surface area contributed by atoms with Gasteiger partial charge in [0, 0.05) is 57.9 Å². The highest BCUT2D eigenvalue weighted by Crippen LogP contribution is 2.33.